The molecular weight excluding hydrogens is 192 g/mol. The number of carbonyl (C=O) groups is 1. The first kappa shape index (κ1) is 9.49. The van der Waals surface area contributed by atoms with Crippen LogP contribution in [0.3, 0.4) is 0 Å². The minimum Gasteiger partial charge on any atom is -0.477 e. The van der Waals surface area contributed by atoms with E-state index in [4.69, 9.17) is 22.0 Å². The molecule has 0 bridgehead atoms. The van der Waals surface area contributed by atoms with Gasteiger partial charge in [-0.3, -0.25) is 0 Å². The molecule has 4 nitrogen and oxygen atoms in total. The van der Waals surface area contributed by atoms with Crippen LogP contribution in [0.2, 0.25) is 5.15 Å². The first-order valence-electron chi connectivity index (χ1n) is 3.36. The Balaban J connectivity index is 3.39. The van der Waals surface area contributed by atoms with Gasteiger partial charge in [0.05, 0.1) is 5.56 Å². The number of nitrogens with zero attached hydrogens (tertiary/aromatic N) is 2. The molecule has 1 rings (SSSR count). The molecule has 0 atom stereocenters. The van der Waals surface area contributed by atoms with Gasteiger partial charge in [-0.15, -0.1) is 0 Å². The van der Waals surface area contributed by atoms with E-state index in [2.05, 4.69) is 4.98 Å². The molecule has 1 aromatic heterocycles. The van der Waals surface area contributed by atoms with Crippen LogP contribution in [-0.4, -0.2) is 16.1 Å². The third-order valence-electron chi connectivity index (χ3n) is 1.49. The fraction of sp³-hybridized carbons (Fsp3) is 0.125. The van der Waals surface area contributed by atoms with Crippen molar-refractivity contribution in [3.05, 3.63) is 28.0 Å². The molecule has 0 fully saturated rings. The molecule has 0 spiro atoms. The van der Waals surface area contributed by atoms with Gasteiger partial charge in [-0.1, -0.05) is 11.6 Å². The van der Waals surface area contributed by atoms with Crippen LogP contribution in [0.1, 0.15) is 21.6 Å². The molecule has 0 aliphatic rings. The van der Waals surface area contributed by atoms with E-state index in [-0.39, 0.29) is 16.4 Å². The molecule has 0 aliphatic heterocycles. The van der Waals surface area contributed by atoms with E-state index in [0.717, 1.165) is 0 Å². The SMILES string of the molecule is Cc1cc(C#N)c(Cl)nc1C(=O)O. The van der Waals surface area contributed by atoms with E-state index in [0.29, 0.717) is 5.56 Å². The van der Waals surface area contributed by atoms with Gasteiger partial charge in [-0.05, 0) is 18.6 Å². The number of rotatable bonds is 1. The van der Waals surface area contributed by atoms with Crippen LogP contribution < -0.4 is 0 Å². The molecule has 66 valence electrons. The number of halogens is 1. The maximum Gasteiger partial charge on any atom is 0.354 e. The van der Waals surface area contributed by atoms with E-state index >= 15 is 0 Å². The smallest absolute Gasteiger partial charge is 0.354 e. The number of aryl methyl sites for hydroxylation is 1. The first-order chi connectivity index (χ1) is 6.06. The summed E-state index contributed by atoms with van der Waals surface area (Å²) in [5.41, 5.74) is 0.488. The van der Waals surface area contributed by atoms with Crippen molar-refractivity contribution in [1.82, 2.24) is 4.98 Å². The Morgan fingerprint density at radius 2 is 2.38 bits per heavy atom. The highest BCUT2D eigenvalue weighted by Crippen LogP contribution is 2.16. The lowest BCUT2D eigenvalue weighted by molar-refractivity contribution is 0.0689. The number of carboxylic acid groups (broad SMARTS) is 1. The maximum absolute atomic E-state index is 10.6. The summed E-state index contributed by atoms with van der Waals surface area (Å²) in [5, 5.41) is 17.1. The molecule has 5 heteroatoms. The molecule has 0 saturated carbocycles. The zero-order chi connectivity index (χ0) is 10.0. The van der Waals surface area contributed by atoms with E-state index in [1.807, 2.05) is 6.07 Å². The molecular formula is C8H5ClN2O2. The summed E-state index contributed by atoms with van der Waals surface area (Å²) in [6.07, 6.45) is 0. The number of aromatic nitrogens is 1. The summed E-state index contributed by atoms with van der Waals surface area (Å²) in [5.74, 6) is -1.15. The Bertz CT molecular complexity index is 409. The second-order valence-corrected chi connectivity index (χ2v) is 2.77. The molecule has 0 aliphatic carbocycles. The Morgan fingerprint density at radius 3 is 2.85 bits per heavy atom. The highest BCUT2D eigenvalue weighted by Gasteiger charge is 2.12. The van der Waals surface area contributed by atoms with Gasteiger partial charge in [0, 0.05) is 0 Å². The number of hydrogen-bond donors (Lipinski definition) is 1. The molecule has 1 aromatic rings. The van der Waals surface area contributed by atoms with Gasteiger partial charge < -0.3 is 5.11 Å². The lowest BCUT2D eigenvalue weighted by Crippen LogP contribution is -2.04. The van der Waals surface area contributed by atoms with Crippen molar-refractivity contribution >= 4 is 17.6 Å². The first-order valence-corrected chi connectivity index (χ1v) is 3.74. The topological polar surface area (TPSA) is 74.0 Å². The van der Waals surface area contributed by atoms with Crippen LogP contribution in [0.5, 0.6) is 0 Å². The van der Waals surface area contributed by atoms with Crippen LogP contribution in [0.15, 0.2) is 6.07 Å². The highest BCUT2D eigenvalue weighted by atomic mass is 35.5. The largest absolute Gasteiger partial charge is 0.477 e. The van der Waals surface area contributed by atoms with Gasteiger partial charge in [-0.2, -0.15) is 5.26 Å². The third-order valence-corrected chi connectivity index (χ3v) is 1.78. The van der Waals surface area contributed by atoms with Crippen molar-refractivity contribution in [1.29, 1.82) is 5.26 Å². The van der Waals surface area contributed by atoms with Crippen molar-refractivity contribution in [3.63, 3.8) is 0 Å². The van der Waals surface area contributed by atoms with Crippen molar-refractivity contribution in [3.8, 4) is 6.07 Å². The maximum atomic E-state index is 10.6. The Kier molecular flexibility index (Phi) is 2.49. The van der Waals surface area contributed by atoms with Gasteiger partial charge in [-0.25, -0.2) is 9.78 Å². The molecule has 1 N–H and O–H groups in total. The summed E-state index contributed by atoms with van der Waals surface area (Å²) in [6, 6.07) is 3.22. The summed E-state index contributed by atoms with van der Waals surface area (Å²) in [6.45, 7) is 1.56. The molecule has 0 saturated heterocycles. The minimum atomic E-state index is -1.15. The van der Waals surface area contributed by atoms with Gasteiger partial charge in [0.25, 0.3) is 0 Å². The van der Waals surface area contributed by atoms with Gasteiger partial charge >= 0.3 is 5.97 Å². The monoisotopic (exact) mass is 196 g/mol. The van der Waals surface area contributed by atoms with E-state index < -0.39 is 5.97 Å². The molecule has 0 aromatic carbocycles. The molecule has 1 heterocycles. The van der Waals surface area contributed by atoms with Gasteiger partial charge in [0.1, 0.15) is 11.2 Å². The standard InChI is InChI=1S/C8H5ClN2O2/c1-4-2-5(3-10)7(9)11-6(4)8(12)13/h2H,1H3,(H,12,13). The van der Waals surface area contributed by atoms with Gasteiger partial charge in [0.2, 0.25) is 0 Å². The Morgan fingerprint density at radius 1 is 1.77 bits per heavy atom. The van der Waals surface area contributed by atoms with Crippen LogP contribution in [0, 0.1) is 18.3 Å². The molecule has 0 unspecified atom stereocenters. The van der Waals surface area contributed by atoms with E-state index in [9.17, 15) is 4.79 Å². The van der Waals surface area contributed by atoms with Gasteiger partial charge in [0.15, 0.2) is 5.69 Å². The average Bonchev–Trinajstić information content (AvgIpc) is 2.07. The third kappa shape index (κ3) is 1.76. The highest BCUT2D eigenvalue weighted by molar-refractivity contribution is 6.30. The second kappa shape index (κ2) is 3.42. The Hall–Kier alpha value is -1.60. The fourth-order valence-electron chi connectivity index (χ4n) is 0.886. The lowest BCUT2D eigenvalue weighted by atomic mass is 10.1. The fourth-order valence-corrected chi connectivity index (χ4v) is 1.07. The van der Waals surface area contributed by atoms with Crippen LogP contribution in [0.25, 0.3) is 0 Å². The second-order valence-electron chi connectivity index (χ2n) is 2.41. The zero-order valence-electron chi connectivity index (χ0n) is 6.71. The van der Waals surface area contributed by atoms with Crippen molar-refractivity contribution in [2.24, 2.45) is 0 Å². The number of aromatic carboxylic acids is 1. The quantitative estimate of drug-likeness (QED) is 0.693. The Labute approximate surface area is 79.4 Å². The predicted octanol–water partition coefficient (Wildman–Crippen LogP) is 1.61. The summed E-state index contributed by atoms with van der Waals surface area (Å²) in [7, 11) is 0. The average molecular weight is 197 g/mol. The van der Waals surface area contributed by atoms with Crippen molar-refractivity contribution in [2.45, 2.75) is 6.92 Å². The number of pyridine rings is 1. The summed E-state index contributed by atoms with van der Waals surface area (Å²) >= 11 is 5.55. The number of nitriles is 1. The summed E-state index contributed by atoms with van der Waals surface area (Å²) in [4.78, 5) is 14.2. The van der Waals surface area contributed by atoms with Crippen LogP contribution in [0.4, 0.5) is 0 Å². The summed E-state index contributed by atoms with van der Waals surface area (Å²) < 4.78 is 0. The molecule has 0 amide bonds. The molecule has 13 heavy (non-hydrogen) atoms. The van der Waals surface area contributed by atoms with E-state index in [1.54, 1.807) is 6.92 Å². The van der Waals surface area contributed by atoms with Crippen molar-refractivity contribution < 1.29 is 9.90 Å². The zero-order valence-corrected chi connectivity index (χ0v) is 7.46. The molecule has 0 radical (unpaired) electrons. The number of hydrogen-bond acceptors (Lipinski definition) is 3. The lowest BCUT2D eigenvalue weighted by Gasteiger charge is -2.00. The van der Waals surface area contributed by atoms with Crippen LogP contribution in [-0.2, 0) is 0 Å². The minimum absolute atomic E-state index is 0.0782. The van der Waals surface area contributed by atoms with E-state index in [1.165, 1.54) is 6.07 Å². The predicted molar refractivity (Wildman–Crippen MR) is 45.7 cm³/mol. The number of carboxylic acids is 1. The van der Waals surface area contributed by atoms with Crippen LogP contribution >= 0.6 is 11.6 Å². The normalized spacial score (nSPS) is 9.31. The van der Waals surface area contributed by atoms with Crippen molar-refractivity contribution in [2.75, 3.05) is 0 Å².